The van der Waals surface area contributed by atoms with Gasteiger partial charge in [0.05, 0.1) is 0 Å². The fourth-order valence-electron chi connectivity index (χ4n) is 6.52. The first-order valence-corrected chi connectivity index (χ1v) is 24.0. The van der Waals surface area contributed by atoms with Crippen molar-refractivity contribution in [2.45, 2.75) is 155 Å². The van der Waals surface area contributed by atoms with Gasteiger partial charge >= 0.3 is 0 Å². The Hall–Kier alpha value is -1.45. The number of aliphatic hydroxyl groups excluding tert-OH is 1. The normalized spacial score (nSPS) is 21.8. The number of rotatable bonds is 17. The zero-order valence-electron chi connectivity index (χ0n) is 31.3. The van der Waals surface area contributed by atoms with E-state index in [1.54, 1.807) is 0 Å². The van der Waals surface area contributed by atoms with Crippen LogP contribution in [0.1, 0.15) is 105 Å². The summed E-state index contributed by atoms with van der Waals surface area (Å²) in [6, 6.07) is 19.0. The molecule has 1 saturated carbocycles. The third kappa shape index (κ3) is 11.0. The van der Waals surface area contributed by atoms with Gasteiger partial charge in [0.1, 0.15) is 12.4 Å². The van der Waals surface area contributed by atoms with Crippen LogP contribution in [-0.2, 0) is 21.9 Å². The van der Waals surface area contributed by atoms with Crippen molar-refractivity contribution in [3.05, 3.63) is 65.7 Å². The largest absolute Gasteiger partial charge is 0.489 e. The minimum absolute atomic E-state index is 0.142. The Morgan fingerprint density at radius 2 is 1.46 bits per heavy atom. The first-order chi connectivity index (χ1) is 21.5. The van der Waals surface area contributed by atoms with Crippen LogP contribution in [0.25, 0.3) is 0 Å². The number of ether oxygens (including phenoxy) is 1. The highest BCUT2D eigenvalue weighted by Crippen LogP contribution is 2.48. The standard InChI is InChI=1S/C40H68O4Si2/c1-12-13-15-22-34(43-45(8,9)39(2,3)4)24-25-36-37(33(29-41)28-38(36)44-46(10,11)40(5,6)7)27-32-21-18-23-35(26-32)42-30-31-19-16-14-17-20-31/h14,16-21,23,26,33-34,36-38,41H,12-13,15,22,24-25,27-30H2,1-11H3/t33-,34?,36-,37+,38-/m1/s1. The molecule has 1 unspecified atom stereocenters. The molecule has 2 aromatic carbocycles. The monoisotopic (exact) mass is 668 g/mol. The third-order valence-electron chi connectivity index (χ3n) is 11.5. The highest BCUT2D eigenvalue weighted by atomic mass is 28.4. The lowest BCUT2D eigenvalue weighted by atomic mass is 9.81. The maximum absolute atomic E-state index is 10.7. The Morgan fingerprint density at radius 1 is 0.804 bits per heavy atom. The second kappa shape index (κ2) is 16.8. The maximum Gasteiger partial charge on any atom is 0.192 e. The summed E-state index contributed by atoms with van der Waals surface area (Å²) in [7, 11) is -3.90. The number of aliphatic hydroxyl groups is 1. The maximum atomic E-state index is 10.7. The lowest BCUT2D eigenvalue weighted by molar-refractivity contribution is 0.0953. The molecule has 3 rings (SSSR count). The molecule has 5 atom stereocenters. The lowest BCUT2D eigenvalue weighted by Crippen LogP contribution is -2.46. The summed E-state index contributed by atoms with van der Waals surface area (Å²) in [5, 5.41) is 11.1. The molecule has 260 valence electrons. The van der Waals surface area contributed by atoms with Crippen molar-refractivity contribution in [3.63, 3.8) is 0 Å². The molecule has 1 fully saturated rings. The van der Waals surface area contributed by atoms with Crippen LogP contribution in [0.4, 0.5) is 0 Å². The molecular weight excluding hydrogens is 601 g/mol. The molecule has 0 spiro atoms. The van der Waals surface area contributed by atoms with Crippen LogP contribution in [0.3, 0.4) is 0 Å². The van der Waals surface area contributed by atoms with Gasteiger partial charge in [-0.15, -0.1) is 0 Å². The average molecular weight is 669 g/mol. The lowest BCUT2D eigenvalue weighted by Gasteiger charge is -2.41. The molecule has 0 aliphatic heterocycles. The van der Waals surface area contributed by atoms with E-state index in [0.717, 1.165) is 37.9 Å². The smallest absolute Gasteiger partial charge is 0.192 e. The zero-order chi connectivity index (χ0) is 34.2. The Bertz CT molecular complexity index is 1170. The Morgan fingerprint density at radius 3 is 2.07 bits per heavy atom. The second-order valence-electron chi connectivity index (χ2n) is 17.1. The minimum Gasteiger partial charge on any atom is -0.489 e. The molecule has 0 bridgehead atoms. The van der Waals surface area contributed by atoms with Crippen LogP contribution in [0.5, 0.6) is 5.75 Å². The molecule has 0 saturated heterocycles. The van der Waals surface area contributed by atoms with Crippen LogP contribution in [0, 0.1) is 17.8 Å². The van der Waals surface area contributed by atoms with Gasteiger partial charge in [0, 0.05) is 18.8 Å². The summed E-state index contributed by atoms with van der Waals surface area (Å²) in [5.41, 5.74) is 2.45. The van der Waals surface area contributed by atoms with Gasteiger partial charge in [0.15, 0.2) is 16.6 Å². The van der Waals surface area contributed by atoms with E-state index in [4.69, 9.17) is 13.6 Å². The summed E-state index contributed by atoms with van der Waals surface area (Å²) in [5.74, 6) is 1.88. The second-order valence-corrected chi connectivity index (χ2v) is 26.6. The van der Waals surface area contributed by atoms with Crippen molar-refractivity contribution >= 4 is 16.6 Å². The molecule has 1 N–H and O–H groups in total. The number of benzene rings is 2. The van der Waals surface area contributed by atoms with E-state index in [0.29, 0.717) is 18.4 Å². The Kier molecular flexibility index (Phi) is 14.2. The van der Waals surface area contributed by atoms with Gasteiger partial charge < -0.3 is 18.7 Å². The fraction of sp³-hybridized carbons (Fsp3) is 0.700. The van der Waals surface area contributed by atoms with Crippen molar-refractivity contribution in [3.8, 4) is 5.75 Å². The molecule has 0 aromatic heterocycles. The van der Waals surface area contributed by atoms with Crippen LogP contribution in [0.15, 0.2) is 54.6 Å². The molecule has 1 aliphatic rings. The van der Waals surface area contributed by atoms with Crippen LogP contribution in [0.2, 0.25) is 36.3 Å². The van der Waals surface area contributed by atoms with Crippen LogP contribution in [-0.4, -0.2) is 40.6 Å². The molecule has 4 nitrogen and oxygen atoms in total. The van der Waals surface area contributed by atoms with Gasteiger partial charge in [-0.2, -0.15) is 0 Å². The summed E-state index contributed by atoms with van der Waals surface area (Å²) in [4.78, 5) is 0. The van der Waals surface area contributed by atoms with Gasteiger partial charge in [-0.1, -0.05) is 110 Å². The molecule has 0 radical (unpaired) electrons. The van der Waals surface area contributed by atoms with Crippen LogP contribution < -0.4 is 4.74 Å². The molecule has 0 heterocycles. The topological polar surface area (TPSA) is 47.9 Å². The SMILES string of the molecule is CCCCCC(CC[C@@H]1[C@@H](Cc2cccc(OCc3ccccc3)c2)[C@@H](CO)C[C@H]1O[Si](C)(C)C(C)(C)C)O[Si](C)(C)C(C)(C)C. The van der Waals surface area contributed by atoms with E-state index >= 15 is 0 Å². The Labute approximate surface area is 285 Å². The quantitative estimate of drug-likeness (QED) is 0.135. The number of hydrogen-bond donors (Lipinski definition) is 1. The highest BCUT2D eigenvalue weighted by Gasteiger charge is 2.48. The first kappa shape index (κ1) is 39.0. The van der Waals surface area contributed by atoms with Crippen molar-refractivity contribution in [1.29, 1.82) is 0 Å². The molecular formula is C40H68O4Si2. The summed E-state index contributed by atoms with van der Waals surface area (Å²) in [6.07, 6.45) is 9.31. The van der Waals surface area contributed by atoms with Gasteiger partial charge in [-0.25, -0.2) is 0 Å². The van der Waals surface area contributed by atoms with E-state index in [-0.39, 0.29) is 34.8 Å². The molecule has 2 aromatic rings. The molecule has 1 aliphatic carbocycles. The van der Waals surface area contributed by atoms with Gasteiger partial charge in [-0.05, 0) is 109 Å². The fourth-order valence-corrected chi connectivity index (χ4v) is 9.33. The first-order valence-electron chi connectivity index (χ1n) is 18.2. The van der Waals surface area contributed by atoms with Crippen molar-refractivity contribution in [2.75, 3.05) is 6.61 Å². The minimum atomic E-state index is -2.00. The van der Waals surface area contributed by atoms with E-state index in [2.05, 4.69) is 123 Å². The third-order valence-corrected chi connectivity index (χ3v) is 20.5. The molecule has 46 heavy (non-hydrogen) atoms. The van der Waals surface area contributed by atoms with Crippen molar-refractivity contribution in [1.82, 2.24) is 0 Å². The zero-order valence-corrected chi connectivity index (χ0v) is 33.3. The summed E-state index contributed by atoms with van der Waals surface area (Å²) < 4.78 is 20.6. The predicted molar refractivity (Wildman–Crippen MR) is 201 cm³/mol. The predicted octanol–water partition coefficient (Wildman–Crippen LogP) is 11.2. The molecule has 0 amide bonds. The summed E-state index contributed by atoms with van der Waals surface area (Å²) in [6.45, 7) is 26.7. The van der Waals surface area contributed by atoms with Gasteiger partial charge in [-0.3, -0.25) is 0 Å². The number of unbranched alkanes of at least 4 members (excludes halogenated alkanes) is 2. The van der Waals surface area contributed by atoms with Gasteiger partial charge in [0.25, 0.3) is 0 Å². The van der Waals surface area contributed by atoms with Gasteiger partial charge in [0.2, 0.25) is 0 Å². The van der Waals surface area contributed by atoms with E-state index in [1.165, 1.54) is 30.4 Å². The average Bonchev–Trinajstić information content (AvgIpc) is 3.29. The Balaban J connectivity index is 1.86. The van der Waals surface area contributed by atoms with Crippen molar-refractivity contribution in [2.24, 2.45) is 17.8 Å². The van der Waals surface area contributed by atoms with E-state index in [1.807, 2.05) is 6.07 Å². The summed E-state index contributed by atoms with van der Waals surface area (Å²) >= 11 is 0. The van der Waals surface area contributed by atoms with E-state index in [9.17, 15) is 5.11 Å². The van der Waals surface area contributed by atoms with Crippen molar-refractivity contribution < 1.29 is 18.7 Å². The number of hydrogen-bond acceptors (Lipinski definition) is 4. The van der Waals surface area contributed by atoms with E-state index < -0.39 is 16.6 Å². The highest BCUT2D eigenvalue weighted by molar-refractivity contribution is 6.74. The van der Waals surface area contributed by atoms with Crippen LogP contribution >= 0.6 is 0 Å². The molecule has 6 heteroatoms.